The highest BCUT2D eigenvalue weighted by Gasteiger charge is 2.21. The molecule has 0 unspecified atom stereocenters. The van der Waals surface area contributed by atoms with Crippen molar-refractivity contribution in [1.82, 2.24) is 0 Å². The highest BCUT2D eigenvalue weighted by molar-refractivity contribution is 7.89. The van der Waals surface area contributed by atoms with Crippen molar-refractivity contribution >= 4 is 21.6 Å². The summed E-state index contributed by atoms with van der Waals surface area (Å²) < 4.78 is 27.8. The van der Waals surface area contributed by atoms with Crippen molar-refractivity contribution in [1.29, 1.82) is 0 Å². The Morgan fingerprint density at radius 2 is 1.54 bits per heavy atom. The minimum Gasteiger partial charge on any atom is -0.451 e. The largest absolute Gasteiger partial charge is 0.451 e. The number of esters is 1. The van der Waals surface area contributed by atoms with Crippen molar-refractivity contribution in [2.45, 2.75) is 32.6 Å². The molecule has 2 aromatic carbocycles. The number of benzene rings is 2. The maximum absolute atomic E-state index is 12.4. The molecule has 2 aromatic rings. The maximum atomic E-state index is 12.4. The fraction of sp³-hybridized carbons (Fsp3) is 0.300. The maximum Gasteiger partial charge on any atom is 0.338 e. The van der Waals surface area contributed by atoms with Crippen LogP contribution in [0.5, 0.6) is 0 Å². The summed E-state index contributed by atoms with van der Waals surface area (Å²) in [5, 5.41) is 0. The summed E-state index contributed by atoms with van der Waals surface area (Å²) in [5.74, 6) is -0.986. The van der Waals surface area contributed by atoms with Gasteiger partial charge in [-0.1, -0.05) is 24.3 Å². The molecule has 0 bridgehead atoms. The average molecular weight is 374 g/mol. The third kappa shape index (κ3) is 5.26. The second kappa shape index (κ2) is 7.83. The van der Waals surface area contributed by atoms with E-state index < -0.39 is 21.9 Å². The first-order valence-corrected chi connectivity index (χ1v) is 10.2. The van der Waals surface area contributed by atoms with Crippen molar-refractivity contribution in [2.75, 3.05) is 6.26 Å². The van der Waals surface area contributed by atoms with Crippen LogP contribution in [-0.4, -0.2) is 32.5 Å². The molecule has 138 valence electrons. The van der Waals surface area contributed by atoms with Crippen LogP contribution in [-0.2, 0) is 20.3 Å². The van der Waals surface area contributed by atoms with Gasteiger partial charge in [0.2, 0.25) is 5.78 Å². The molecule has 0 saturated heterocycles. The summed E-state index contributed by atoms with van der Waals surface area (Å²) >= 11 is 0. The molecule has 0 aliphatic heterocycles. The number of sulfone groups is 1. The van der Waals surface area contributed by atoms with Crippen LogP contribution in [0, 0.1) is 13.8 Å². The van der Waals surface area contributed by atoms with Gasteiger partial charge in [0.15, 0.2) is 15.9 Å². The van der Waals surface area contributed by atoms with E-state index in [0.717, 1.165) is 17.4 Å². The lowest BCUT2D eigenvalue weighted by atomic mass is 10.0. The van der Waals surface area contributed by atoms with Crippen molar-refractivity contribution in [3.63, 3.8) is 0 Å². The van der Waals surface area contributed by atoms with Crippen molar-refractivity contribution in [3.8, 4) is 0 Å². The summed E-state index contributed by atoms with van der Waals surface area (Å²) in [6.45, 7) is 5.41. The van der Waals surface area contributed by atoms with Gasteiger partial charge in [0, 0.05) is 11.8 Å². The van der Waals surface area contributed by atoms with Crippen LogP contribution in [0.2, 0.25) is 0 Å². The highest BCUT2D eigenvalue weighted by Crippen LogP contribution is 2.15. The number of carbonyl (C=O) groups is 2. The van der Waals surface area contributed by atoms with Crippen molar-refractivity contribution in [2.24, 2.45) is 0 Å². The van der Waals surface area contributed by atoms with Gasteiger partial charge in [0.1, 0.15) is 0 Å². The number of ketones is 1. The van der Waals surface area contributed by atoms with Crippen LogP contribution in [0.25, 0.3) is 0 Å². The summed E-state index contributed by atoms with van der Waals surface area (Å²) in [6.07, 6.45) is 0.232. The fourth-order valence-corrected chi connectivity index (χ4v) is 3.25. The molecule has 0 aliphatic rings. The molecule has 5 nitrogen and oxygen atoms in total. The lowest BCUT2D eigenvalue weighted by Gasteiger charge is -2.13. The third-order valence-electron chi connectivity index (χ3n) is 4.06. The molecule has 26 heavy (non-hydrogen) atoms. The average Bonchev–Trinajstić information content (AvgIpc) is 2.55. The van der Waals surface area contributed by atoms with E-state index >= 15 is 0 Å². The first-order valence-electron chi connectivity index (χ1n) is 8.16. The Labute approximate surface area is 153 Å². The quantitative estimate of drug-likeness (QED) is 0.573. The Kier molecular flexibility index (Phi) is 5.97. The minimum absolute atomic E-state index is 0.0933. The number of hydrogen-bond donors (Lipinski definition) is 0. The molecular weight excluding hydrogens is 352 g/mol. The Morgan fingerprint density at radius 3 is 2.08 bits per heavy atom. The second-order valence-corrected chi connectivity index (χ2v) is 8.62. The van der Waals surface area contributed by atoms with E-state index in [4.69, 9.17) is 4.74 Å². The first-order chi connectivity index (χ1) is 12.1. The third-order valence-corrected chi connectivity index (χ3v) is 4.92. The molecule has 0 radical (unpaired) electrons. The van der Waals surface area contributed by atoms with Gasteiger partial charge in [0.05, 0.1) is 11.3 Å². The number of rotatable bonds is 6. The number of aryl methyl sites for hydroxylation is 2. The summed E-state index contributed by atoms with van der Waals surface area (Å²) in [5.41, 5.74) is 3.43. The Bertz CT molecular complexity index is 927. The molecule has 0 heterocycles. The van der Waals surface area contributed by atoms with E-state index in [0.29, 0.717) is 11.1 Å². The van der Waals surface area contributed by atoms with Crippen LogP contribution >= 0.6 is 0 Å². The van der Waals surface area contributed by atoms with E-state index in [1.807, 2.05) is 19.9 Å². The standard InChI is InChI=1S/C20H22O5S/c1-13-5-8-18(11-14(13)2)19(21)15(3)25-20(22)17-9-6-16(7-10-17)12-26(4,23)24/h5-11,15H,12H2,1-4H3/t15-/m0/s1. The molecule has 1 atom stereocenters. The van der Waals surface area contributed by atoms with E-state index in [2.05, 4.69) is 0 Å². The van der Waals surface area contributed by atoms with Gasteiger partial charge >= 0.3 is 5.97 Å². The molecule has 0 fully saturated rings. The number of hydrogen-bond acceptors (Lipinski definition) is 5. The Hall–Kier alpha value is -2.47. The minimum atomic E-state index is -3.14. The van der Waals surface area contributed by atoms with Crippen LogP contribution in [0.1, 0.15) is 44.3 Å². The molecular formula is C20H22O5S. The molecule has 0 saturated carbocycles. The molecule has 0 spiro atoms. The van der Waals surface area contributed by atoms with Gasteiger partial charge in [-0.3, -0.25) is 4.79 Å². The lowest BCUT2D eigenvalue weighted by molar-refractivity contribution is 0.0319. The predicted octanol–water partition coefficient (Wildman–Crippen LogP) is 3.28. The van der Waals surface area contributed by atoms with Crippen molar-refractivity contribution in [3.05, 3.63) is 70.3 Å². The molecule has 0 aromatic heterocycles. The molecule has 6 heteroatoms. The summed E-state index contributed by atoms with van der Waals surface area (Å²) in [4.78, 5) is 24.7. The van der Waals surface area contributed by atoms with Crippen LogP contribution in [0.15, 0.2) is 42.5 Å². The zero-order valence-corrected chi connectivity index (χ0v) is 16.1. The summed E-state index contributed by atoms with van der Waals surface area (Å²) in [7, 11) is -3.14. The topological polar surface area (TPSA) is 77.5 Å². The van der Waals surface area contributed by atoms with Gasteiger partial charge in [-0.05, 0) is 55.7 Å². The smallest absolute Gasteiger partial charge is 0.338 e. The fourth-order valence-electron chi connectivity index (χ4n) is 2.45. The molecule has 0 amide bonds. The molecule has 2 rings (SSSR count). The number of Topliss-reactive ketones (excluding diaryl/α,β-unsaturated/α-hetero) is 1. The number of ether oxygens (including phenoxy) is 1. The van der Waals surface area contributed by atoms with Gasteiger partial charge in [-0.2, -0.15) is 0 Å². The highest BCUT2D eigenvalue weighted by atomic mass is 32.2. The normalized spacial score (nSPS) is 12.5. The van der Waals surface area contributed by atoms with Crippen LogP contribution in [0.3, 0.4) is 0 Å². The lowest BCUT2D eigenvalue weighted by Crippen LogP contribution is -2.24. The van der Waals surface area contributed by atoms with Gasteiger partial charge in [-0.25, -0.2) is 13.2 Å². The monoisotopic (exact) mass is 374 g/mol. The zero-order chi connectivity index (χ0) is 19.5. The van der Waals surface area contributed by atoms with Gasteiger partial charge in [-0.15, -0.1) is 0 Å². The van der Waals surface area contributed by atoms with Gasteiger partial charge in [0.25, 0.3) is 0 Å². The predicted molar refractivity (Wildman–Crippen MR) is 100 cm³/mol. The van der Waals surface area contributed by atoms with Crippen molar-refractivity contribution < 1.29 is 22.7 Å². The molecule has 0 N–H and O–H groups in total. The van der Waals surface area contributed by atoms with E-state index in [-0.39, 0.29) is 17.1 Å². The molecule has 0 aliphatic carbocycles. The number of carbonyl (C=O) groups excluding carboxylic acids is 2. The zero-order valence-electron chi connectivity index (χ0n) is 15.3. The Balaban J connectivity index is 2.06. The van der Waals surface area contributed by atoms with Gasteiger partial charge < -0.3 is 4.74 Å². The van der Waals surface area contributed by atoms with Crippen LogP contribution < -0.4 is 0 Å². The second-order valence-electron chi connectivity index (χ2n) is 6.48. The SMILES string of the molecule is Cc1ccc(C(=O)[C@H](C)OC(=O)c2ccc(CS(C)(=O)=O)cc2)cc1C. The van der Waals surface area contributed by atoms with E-state index in [1.54, 1.807) is 24.3 Å². The first kappa shape index (κ1) is 19.8. The Morgan fingerprint density at radius 1 is 0.962 bits per heavy atom. The van der Waals surface area contributed by atoms with E-state index in [9.17, 15) is 18.0 Å². The van der Waals surface area contributed by atoms with E-state index in [1.165, 1.54) is 19.1 Å². The van der Waals surface area contributed by atoms with Crippen LogP contribution in [0.4, 0.5) is 0 Å². The summed E-state index contributed by atoms with van der Waals surface area (Å²) in [6, 6.07) is 11.5.